The fourth-order valence-electron chi connectivity index (χ4n) is 2.96. The van der Waals surface area contributed by atoms with E-state index in [4.69, 9.17) is 9.47 Å². The van der Waals surface area contributed by atoms with Crippen molar-refractivity contribution in [2.75, 3.05) is 32.6 Å². The molecular formula is C19H28N2O4. The van der Waals surface area contributed by atoms with E-state index in [1.165, 1.54) is 7.11 Å². The van der Waals surface area contributed by atoms with Gasteiger partial charge in [-0.05, 0) is 38.8 Å². The van der Waals surface area contributed by atoms with Gasteiger partial charge in [0.25, 0.3) is 0 Å². The molecule has 1 aliphatic rings. The largest absolute Gasteiger partial charge is 0.497 e. The molecule has 0 saturated carbocycles. The maximum absolute atomic E-state index is 12.9. The molecule has 6 heteroatoms. The van der Waals surface area contributed by atoms with Gasteiger partial charge in [0.1, 0.15) is 16.9 Å². The van der Waals surface area contributed by atoms with E-state index in [0.717, 1.165) is 38.8 Å². The topological polar surface area (TPSA) is 67.9 Å². The Balaban J connectivity index is 2.16. The fourth-order valence-corrected chi connectivity index (χ4v) is 2.96. The van der Waals surface area contributed by atoms with Crippen LogP contribution in [0.5, 0.6) is 11.5 Å². The van der Waals surface area contributed by atoms with Gasteiger partial charge in [0.15, 0.2) is 0 Å². The van der Waals surface area contributed by atoms with Crippen molar-refractivity contribution in [2.45, 2.75) is 39.5 Å². The molecule has 2 rings (SSSR count). The first kappa shape index (κ1) is 19.1. The van der Waals surface area contributed by atoms with Crippen LogP contribution >= 0.6 is 0 Å². The average Bonchev–Trinajstić information content (AvgIpc) is 2.90. The quantitative estimate of drug-likeness (QED) is 0.831. The molecule has 2 amide bonds. The molecule has 0 aromatic heterocycles. The minimum Gasteiger partial charge on any atom is -0.497 e. The van der Waals surface area contributed by atoms with Crippen molar-refractivity contribution in [3.8, 4) is 11.5 Å². The summed E-state index contributed by atoms with van der Waals surface area (Å²) in [5.41, 5.74) is -0.665. The smallest absolute Gasteiger partial charge is 0.239 e. The van der Waals surface area contributed by atoms with Crippen molar-refractivity contribution >= 4 is 17.5 Å². The molecule has 0 spiro atoms. The third-order valence-electron chi connectivity index (χ3n) is 4.65. The van der Waals surface area contributed by atoms with Crippen molar-refractivity contribution in [1.82, 2.24) is 4.90 Å². The van der Waals surface area contributed by atoms with Crippen LogP contribution in [0.1, 0.15) is 39.5 Å². The van der Waals surface area contributed by atoms with Gasteiger partial charge in [-0.2, -0.15) is 0 Å². The first-order valence-corrected chi connectivity index (χ1v) is 8.73. The van der Waals surface area contributed by atoms with Gasteiger partial charge in [0.2, 0.25) is 11.8 Å². The van der Waals surface area contributed by atoms with E-state index in [1.807, 2.05) is 4.90 Å². The van der Waals surface area contributed by atoms with Crippen molar-refractivity contribution in [2.24, 2.45) is 5.41 Å². The van der Waals surface area contributed by atoms with Crippen LogP contribution in [0.25, 0.3) is 0 Å². The third-order valence-corrected chi connectivity index (χ3v) is 4.65. The Bertz CT molecular complexity index is 620. The zero-order valence-electron chi connectivity index (χ0n) is 15.6. The number of rotatable bonds is 5. The van der Waals surface area contributed by atoms with E-state index in [1.54, 1.807) is 39.2 Å². The first-order valence-electron chi connectivity index (χ1n) is 8.73. The Labute approximate surface area is 149 Å². The molecule has 1 fully saturated rings. The van der Waals surface area contributed by atoms with Crippen LogP contribution in [0.3, 0.4) is 0 Å². The normalized spacial score (nSPS) is 15.3. The molecule has 0 aliphatic carbocycles. The van der Waals surface area contributed by atoms with Crippen molar-refractivity contribution in [3.05, 3.63) is 18.2 Å². The Kier molecular flexibility index (Phi) is 6.28. The van der Waals surface area contributed by atoms with E-state index >= 15 is 0 Å². The summed E-state index contributed by atoms with van der Waals surface area (Å²) in [6.07, 6.45) is 4.26. The van der Waals surface area contributed by atoms with Crippen LogP contribution in [-0.4, -0.2) is 44.0 Å². The summed E-state index contributed by atoms with van der Waals surface area (Å²) >= 11 is 0. The van der Waals surface area contributed by atoms with Crippen LogP contribution in [0.15, 0.2) is 18.2 Å². The van der Waals surface area contributed by atoms with E-state index in [0.29, 0.717) is 17.2 Å². The fraction of sp³-hybridized carbons (Fsp3) is 0.579. The summed E-state index contributed by atoms with van der Waals surface area (Å²) in [4.78, 5) is 27.5. The number of hydrogen-bond acceptors (Lipinski definition) is 4. The van der Waals surface area contributed by atoms with E-state index in [9.17, 15) is 9.59 Å². The highest BCUT2D eigenvalue weighted by Crippen LogP contribution is 2.31. The summed E-state index contributed by atoms with van der Waals surface area (Å²) in [5, 5.41) is 2.82. The number of likely N-dealkylation sites (tertiary alicyclic amines) is 1. The highest BCUT2D eigenvalue weighted by atomic mass is 16.5. The molecule has 1 aromatic rings. The minimum absolute atomic E-state index is 0.131. The van der Waals surface area contributed by atoms with E-state index in [-0.39, 0.29) is 11.8 Å². The molecule has 0 atom stereocenters. The number of carbonyl (C=O) groups is 2. The second-order valence-electron chi connectivity index (χ2n) is 6.85. The number of ether oxygens (including phenoxy) is 2. The third kappa shape index (κ3) is 4.44. The van der Waals surface area contributed by atoms with Gasteiger partial charge >= 0.3 is 0 Å². The predicted molar refractivity (Wildman–Crippen MR) is 97.0 cm³/mol. The summed E-state index contributed by atoms with van der Waals surface area (Å²) in [5.74, 6) is 0.641. The maximum atomic E-state index is 12.9. The number of hydrogen-bond donors (Lipinski definition) is 1. The van der Waals surface area contributed by atoms with Crippen LogP contribution in [0.4, 0.5) is 5.69 Å². The molecule has 1 heterocycles. The Morgan fingerprint density at radius 3 is 2.24 bits per heavy atom. The highest BCUT2D eigenvalue weighted by Gasteiger charge is 2.39. The standard InChI is InChI=1S/C19H28N2O4/c1-19(2,18(23)21-11-7-5-6-8-12-21)17(22)20-15-13-14(24-3)9-10-16(15)25-4/h9-10,13H,5-8,11-12H2,1-4H3,(H,20,22). The summed E-state index contributed by atoms with van der Waals surface area (Å²) < 4.78 is 10.5. The number of anilines is 1. The number of methoxy groups -OCH3 is 2. The minimum atomic E-state index is -1.15. The van der Waals surface area contributed by atoms with Gasteiger partial charge < -0.3 is 19.7 Å². The summed E-state index contributed by atoms with van der Waals surface area (Å²) in [6.45, 7) is 4.78. The van der Waals surface area contributed by atoms with Gasteiger partial charge in [0.05, 0.1) is 19.9 Å². The van der Waals surface area contributed by atoms with Crippen LogP contribution in [0.2, 0.25) is 0 Å². The predicted octanol–water partition coefficient (Wildman–Crippen LogP) is 3.07. The molecule has 138 valence electrons. The monoisotopic (exact) mass is 348 g/mol. The van der Waals surface area contributed by atoms with Gasteiger partial charge in [0, 0.05) is 19.2 Å². The summed E-state index contributed by atoms with van der Waals surface area (Å²) in [6, 6.07) is 5.16. The number of benzene rings is 1. The van der Waals surface area contributed by atoms with Crippen molar-refractivity contribution in [1.29, 1.82) is 0 Å². The molecule has 1 aromatic carbocycles. The molecule has 0 radical (unpaired) electrons. The highest BCUT2D eigenvalue weighted by molar-refractivity contribution is 6.10. The lowest BCUT2D eigenvalue weighted by atomic mass is 9.90. The molecule has 25 heavy (non-hydrogen) atoms. The molecule has 1 N–H and O–H groups in total. The molecule has 6 nitrogen and oxygen atoms in total. The van der Waals surface area contributed by atoms with E-state index in [2.05, 4.69) is 5.32 Å². The molecule has 1 aliphatic heterocycles. The molecule has 0 unspecified atom stereocenters. The Morgan fingerprint density at radius 1 is 1.04 bits per heavy atom. The number of nitrogens with zero attached hydrogens (tertiary/aromatic N) is 1. The van der Waals surface area contributed by atoms with Crippen molar-refractivity contribution < 1.29 is 19.1 Å². The first-order chi connectivity index (χ1) is 11.9. The lowest BCUT2D eigenvalue weighted by Crippen LogP contribution is -2.47. The molecule has 1 saturated heterocycles. The van der Waals surface area contributed by atoms with Crippen LogP contribution < -0.4 is 14.8 Å². The number of amides is 2. The Morgan fingerprint density at radius 2 is 1.68 bits per heavy atom. The second-order valence-corrected chi connectivity index (χ2v) is 6.85. The maximum Gasteiger partial charge on any atom is 0.239 e. The zero-order chi connectivity index (χ0) is 18.4. The Hall–Kier alpha value is -2.24. The SMILES string of the molecule is COc1ccc(OC)c(NC(=O)C(C)(C)C(=O)N2CCCCCC2)c1. The van der Waals surface area contributed by atoms with Gasteiger partial charge in [-0.25, -0.2) is 0 Å². The second kappa shape index (κ2) is 8.23. The van der Waals surface area contributed by atoms with Crippen molar-refractivity contribution in [3.63, 3.8) is 0 Å². The average molecular weight is 348 g/mol. The molecule has 0 bridgehead atoms. The number of nitrogens with one attached hydrogen (secondary N) is 1. The van der Waals surface area contributed by atoms with Crippen LogP contribution in [-0.2, 0) is 9.59 Å². The van der Waals surface area contributed by atoms with Gasteiger partial charge in [-0.3, -0.25) is 9.59 Å². The summed E-state index contributed by atoms with van der Waals surface area (Å²) in [7, 11) is 3.09. The number of carbonyl (C=O) groups excluding carboxylic acids is 2. The molecular weight excluding hydrogens is 320 g/mol. The van der Waals surface area contributed by atoms with Crippen LogP contribution in [0, 0.1) is 5.41 Å². The van der Waals surface area contributed by atoms with E-state index < -0.39 is 5.41 Å². The van der Waals surface area contributed by atoms with Gasteiger partial charge in [-0.15, -0.1) is 0 Å². The lowest BCUT2D eigenvalue weighted by Gasteiger charge is -2.30. The lowest BCUT2D eigenvalue weighted by molar-refractivity contribution is -0.146. The van der Waals surface area contributed by atoms with Gasteiger partial charge in [-0.1, -0.05) is 12.8 Å². The zero-order valence-corrected chi connectivity index (χ0v) is 15.6.